The van der Waals surface area contributed by atoms with Gasteiger partial charge < -0.3 is 4.74 Å². The van der Waals surface area contributed by atoms with Gasteiger partial charge >= 0.3 is 0 Å². The summed E-state index contributed by atoms with van der Waals surface area (Å²) in [6, 6.07) is 8.17. The first-order valence-corrected chi connectivity index (χ1v) is 5.56. The van der Waals surface area contributed by atoms with Crippen LogP contribution in [-0.4, -0.2) is 5.60 Å². The molecule has 80 valence electrons. The highest BCUT2D eigenvalue weighted by Gasteiger charge is 2.34. The van der Waals surface area contributed by atoms with Crippen molar-refractivity contribution in [3.8, 4) is 5.75 Å². The largest absolute Gasteiger partial charge is 0.478 e. The summed E-state index contributed by atoms with van der Waals surface area (Å²) in [7, 11) is 0. The van der Waals surface area contributed by atoms with Crippen molar-refractivity contribution in [2.75, 3.05) is 0 Å². The van der Waals surface area contributed by atoms with E-state index in [1.165, 1.54) is 11.1 Å². The maximum absolute atomic E-state index is 6.10. The molecular formula is C15H14O. The van der Waals surface area contributed by atoms with E-state index in [0.29, 0.717) is 0 Å². The Balaban J connectivity index is 2.21. The van der Waals surface area contributed by atoms with Crippen LogP contribution in [0.5, 0.6) is 5.75 Å². The second-order valence-corrected chi connectivity index (χ2v) is 4.51. The van der Waals surface area contributed by atoms with E-state index in [-0.39, 0.29) is 5.60 Å². The molecule has 1 nitrogen and oxygen atoms in total. The van der Waals surface area contributed by atoms with Gasteiger partial charge in [0.2, 0.25) is 0 Å². The molecule has 0 amide bonds. The van der Waals surface area contributed by atoms with Crippen LogP contribution in [0.1, 0.15) is 19.4 Å². The Bertz CT molecular complexity index is 534. The van der Waals surface area contributed by atoms with Crippen molar-refractivity contribution in [1.82, 2.24) is 0 Å². The number of ether oxygens (including phenoxy) is 1. The Hall–Kier alpha value is -1.76. The number of hydrogen-bond donors (Lipinski definition) is 0. The van der Waals surface area contributed by atoms with Crippen LogP contribution in [-0.2, 0) is 0 Å². The van der Waals surface area contributed by atoms with E-state index in [9.17, 15) is 0 Å². The van der Waals surface area contributed by atoms with E-state index < -0.39 is 0 Å². The molecule has 0 radical (unpaired) electrons. The first-order valence-electron chi connectivity index (χ1n) is 5.56. The van der Waals surface area contributed by atoms with E-state index in [0.717, 1.165) is 11.3 Å². The summed E-state index contributed by atoms with van der Waals surface area (Å²) < 4.78 is 6.10. The van der Waals surface area contributed by atoms with Gasteiger partial charge in [0.15, 0.2) is 0 Å². The molecule has 0 bridgehead atoms. The Morgan fingerprint density at radius 1 is 1.19 bits per heavy atom. The Labute approximate surface area is 95.7 Å². The molecule has 3 rings (SSSR count). The number of hydrogen-bond acceptors (Lipinski definition) is 1. The molecule has 1 aliphatic heterocycles. The molecule has 2 aliphatic rings. The molecule has 1 heterocycles. The first kappa shape index (κ1) is 9.46. The van der Waals surface area contributed by atoms with Gasteiger partial charge in [-0.3, -0.25) is 0 Å². The fraction of sp³-hybridized carbons (Fsp3) is 0.200. The van der Waals surface area contributed by atoms with E-state index in [1.807, 2.05) is 18.2 Å². The first-order chi connectivity index (χ1) is 7.69. The molecule has 1 aromatic rings. The normalized spacial score (nSPS) is 26.1. The third-order valence-electron chi connectivity index (χ3n) is 3.26. The average molecular weight is 210 g/mol. The summed E-state index contributed by atoms with van der Waals surface area (Å²) >= 11 is 0. The van der Waals surface area contributed by atoms with Gasteiger partial charge in [-0.25, -0.2) is 0 Å². The molecule has 1 atom stereocenters. The topological polar surface area (TPSA) is 9.23 Å². The summed E-state index contributed by atoms with van der Waals surface area (Å²) in [6.45, 7) is 4.24. The van der Waals surface area contributed by atoms with Gasteiger partial charge in [0.25, 0.3) is 0 Å². The third-order valence-corrected chi connectivity index (χ3v) is 3.26. The lowest BCUT2D eigenvalue weighted by Gasteiger charge is -2.36. The van der Waals surface area contributed by atoms with Gasteiger partial charge in [0.1, 0.15) is 11.4 Å². The molecule has 1 unspecified atom stereocenters. The fourth-order valence-electron chi connectivity index (χ4n) is 2.37. The Morgan fingerprint density at radius 2 is 2.00 bits per heavy atom. The number of fused-ring (bicyclic) bond motifs is 2. The summed E-state index contributed by atoms with van der Waals surface area (Å²) in [6.07, 6.45) is 8.54. The van der Waals surface area contributed by atoms with Gasteiger partial charge in [-0.15, -0.1) is 0 Å². The highest BCUT2D eigenvalue weighted by atomic mass is 16.5. The van der Waals surface area contributed by atoms with Crippen molar-refractivity contribution >= 4 is 6.08 Å². The lowest BCUT2D eigenvalue weighted by atomic mass is 9.83. The van der Waals surface area contributed by atoms with Crippen LogP contribution in [0.15, 0.2) is 53.6 Å². The number of benzene rings is 1. The molecule has 0 fully saturated rings. The minimum atomic E-state index is -0.298. The summed E-state index contributed by atoms with van der Waals surface area (Å²) in [5.41, 5.74) is 3.40. The SMILES string of the molecule is CC1=CC=CC2(C)Oc3ccccc3C=C12. The number of allylic oxidation sites excluding steroid dienone is 2. The predicted octanol–water partition coefficient (Wildman–Crippen LogP) is 3.74. The average Bonchev–Trinajstić information content (AvgIpc) is 2.27. The second kappa shape index (κ2) is 3.11. The maximum Gasteiger partial charge on any atom is 0.150 e. The van der Waals surface area contributed by atoms with Crippen molar-refractivity contribution in [1.29, 1.82) is 0 Å². The lowest BCUT2D eigenvalue weighted by Crippen LogP contribution is -2.36. The standard InChI is InChI=1S/C15H14O/c1-11-6-5-9-15(2)13(11)10-12-7-3-4-8-14(12)16-15/h3-10H,1-2H3. The summed E-state index contributed by atoms with van der Waals surface area (Å²) in [5, 5.41) is 0. The molecule has 0 saturated carbocycles. The zero-order valence-electron chi connectivity index (χ0n) is 9.53. The maximum atomic E-state index is 6.10. The molecule has 0 saturated heterocycles. The van der Waals surface area contributed by atoms with E-state index in [4.69, 9.17) is 4.74 Å². The van der Waals surface area contributed by atoms with Crippen molar-refractivity contribution in [3.05, 3.63) is 59.2 Å². The smallest absolute Gasteiger partial charge is 0.150 e. The van der Waals surface area contributed by atoms with Crippen molar-refractivity contribution < 1.29 is 4.74 Å². The highest BCUT2D eigenvalue weighted by Crippen LogP contribution is 2.40. The fourth-order valence-corrected chi connectivity index (χ4v) is 2.37. The Morgan fingerprint density at radius 3 is 2.88 bits per heavy atom. The van der Waals surface area contributed by atoms with Crippen LogP contribution in [0.2, 0.25) is 0 Å². The zero-order valence-corrected chi connectivity index (χ0v) is 9.53. The molecule has 1 heteroatoms. The van der Waals surface area contributed by atoms with Crippen LogP contribution in [0.25, 0.3) is 6.08 Å². The molecule has 1 aliphatic carbocycles. The second-order valence-electron chi connectivity index (χ2n) is 4.51. The van der Waals surface area contributed by atoms with Gasteiger partial charge in [-0.2, -0.15) is 0 Å². The molecule has 1 aromatic carbocycles. The lowest BCUT2D eigenvalue weighted by molar-refractivity contribution is 0.177. The predicted molar refractivity (Wildman–Crippen MR) is 66.3 cm³/mol. The van der Waals surface area contributed by atoms with Crippen LogP contribution >= 0.6 is 0 Å². The van der Waals surface area contributed by atoms with Crippen molar-refractivity contribution in [3.63, 3.8) is 0 Å². The van der Waals surface area contributed by atoms with Gasteiger partial charge in [-0.05, 0) is 37.6 Å². The van der Waals surface area contributed by atoms with E-state index >= 15 is 0 Å². The van der Waals surface area contributed by atoms with Crippen molar-refractivity contribution in [2.24, 2.45) is 0 Å². The number of para-hydroxylation sites is 1. The van der Waals surface area contributed by atoms with Crippen molar-refractivity contribution in [2.45, 2.75) is 19.4 Å². The quantitative estimate of drug-likeness (QED) is 0.634. The van der Waals surface area contributed by atoms with Crippen LogP contribution in [0, 0.1) is 0 Å². The molecule has 16 heavy (non-hydrogen) atoms. The monoisotopic (exact) mass is 210 g/mol. The minimum Gasteiger partial charge on any atom is -0.478 e. The van der Waals surface area contributed by atoms with Gasteiger partial charge in [0.05, 0.1) is 0 Å². The van der Waals surface area contributed by atoms with E-state index in [2.05, 4.69) is 44.2 Å². The summed E-state index contributed by atoms with van der Waals surface area (Å²) in [4.78, 5) is 0. The van der Waals surface area contributed by atoms with Gasteiger partial charge in [-0.1, -0.05) is 30.4 Å². The zero-order chi connectivity index (χ0) is 11.2. The highest BCUT2D eigenvalue weighted by molar-refractivity contribution is 5.70. The van der Waals surface area contributed by atoms with Gasteiger partial charge in [0, 0.05) is 11.1 Å². The number of rotatable bonds is 0. The van der Waals surface area contributed by atoms with Crippen LogP contribution in [0.3, 0.4) is 0 Å². The van der Waals surface area contributed by atoms with Crippen LogP contribution in [0.4, 0.5) is 0 Å². The molecule has 0 spiro atoms. The molecule has 0 N–H and O–H groups in total. The Kier molecular flexibility index (Phi) is 1.84. The minimum absolute atomic E-state index is 0.298. The molecular weight excluding hydrogens is 196 g/mol. The molecule has 0 aromatic heterocycles. The van der Waals surface area contributed by atoms with E-state index in [1.54, 1.807) is 0 Å². The third kappa shape index (κ3) is 1.25. The van der Waals surface area contributed by atoms with Crippen LogP contribution < -0.4 is 4.74 Å². The summed E-state index contributed by atoms with van der Waals surface area (Å²) in [5.74, 6) is 0.966.